The topological polar surface area (TPSA) is 82.1 Å². The van der Waals surface area contributed by atoms with Crippen molar-refractivity contribution in [2.75, 3.05) is 18.4 Å². The molecule has 0 spiro atoms. The van der Waals surface area contributed by atoms with E-state index in [0.717, 1.165) is 55.9 Å². The third-order valence-electron chi connectivity index (χ3n) is 4.90. The van der Waals surface area contributed by atoms with Gasteiger partial charge in [0.05, 0.1) is 0 Å². The zero-order chi connectivity index (χ0) is 21.6. The van der Waals surface area contributed by atoms with Crippen LogP contribution in [0.25, 0.3) is 0 Å². The summed E-state index contributed by atoms with van der Waals surface area (Å²) in [5.74, 6) is -3.87. The molecule has 0 bridgehead atoms. The predicted molar refractivity (Wildman–Crippen MR) is 114 cm³/mol. The quantitative estimate of drug-likeness (QED) is 0.517. The standard InChI is InChI=1S/C19H18F3N7S2/c1-11-10-14(27-26-11)23-16-15-17(28-31(30-15)29-8-2-3-9-29)25-18(24-16)19(21,22)12-4-6-13(20)7-5-12/h4-7,10H,2-3,8-9H2,1H3,(H2,23,24,25,26,27). The van der Waals surface area contributed by atoms with Crippen molar-refractivity contribution in [3.63, 3.8) is 0 Å². The number of anilines is 2. The number of aryl methyl sites for hydroxylation is 1. The fraction of sp³-hybridized carbons (Fsp3) is 0.316. The summed E-state index contributed by atoms with van der Waals surface area (Å²) in [5, 5.41) is 9.96. The van der Waals surface area contributed by atoms with Gasteiger partial charge in [-0.05, 0) is 54.8 Å². The lowest BCUT2D eigenvalue weighted by Gasteiger charge is -2.17. The van der Waals surface area contributed by atoms with Crippen LogP contribution in [0.2, 0.25) is 0 Å². The van der Waals surface area contributed by atoms with Gasteiger partial charge in [-0.15, -0.1) is 0 Å². The lowest BCUT2D eigenvalue weighted by atomic mass is 10.1. The number of nitrogens with one attached hydrogen (secondary N) is 2. The van der Waals surface area contributed by atoms with Gasteiger partial charge in [0, 0.05) is 40.3 Å². The summed E-state index contributed by atoms with van der Waals surface area (Å²) in [4.78, 5) is 8.91. The molecule has 162 valence electrons. The maximum Gasteiger partial charge on any atom is 0.331 e. The molecule has 1 fully saturated rings. The van der Waals surface area contributed by atoms with Gasteiger partial charge in [0.1, 0.15) is 10.7 Å². The zero-order valence-corrected chi connectivity index (χ0v) is 18.0. The minimum absolute atomic E-state index is 0.233. The Morgan fingerprint density at radius 1 is 1.16 bits per heavy atom. The first-order chi connectivity index (χ1) is 14.9. The molecule has 4 heterocycles. The number of nitrogens with zero attached hydrogens (tertiary/aromatic N) is 5. The minimum atomic E-state index is -3.52. The Morgan fingerprint density at radius 2 is 1.90 bits per heavy atom. The highest BCUT2D eigenvalue weighted by Crippen LogP contribution is 2.47. The van der Waals surface area contributed by atoms with Crippen molar-refractivity contribution in [1.82, 2.24) is 24.5 Å². The predicted octanol–water partition coefficient (Wildman–Crippen LogP) is 5.00. The number of fused-ring (bicyclic) bond motifs is 1. The molecule has 2 aliphatic rings. The molecule has 31 heavy (non-hydrogen) atoms. The molecule has 1 atom stereocenters. The summed E-state index contributed by atoms with van der Waals surface area (Å²) in [6.07, 6.45) is 2.18. The Kier molecular flexibility index (Phi) is 5.22. The van der Waals surface area contributed by atoms with Crippen molar-refractivity contribution < 1.29 is 13.2 Å². The molecule has 0 radical (unpaired) electrons. The largest absolute Gasteiger partial charge is 0.331 e. The average molecular weight is 466 g/mol. The Hall–Kier alpha value is -2.44. The molecule has 0 saturated carbocycles. The lowest BCUT2D eigenvalue weighted by Crippen LogP contribution is -2.20. The number of benzene rings is 1. The highest BCUT2D eigenvalue weighted by atomic mass is 33.1. The lowest BCUT2D eigenvalue weighted by molar-refractivity contribution is 0.0329. The molecule has 5 rings (SSSR count). The molecule has 1 saturated heterocycles. The van der Waals surface area contributed by atoms with Gasteiger partial charge in [-0.25, -0.2) is 18.7 Å². The van der Waals surface area contributed by atoms with E-state index in [2.05, 4.69) is 34.2 Å². The summed E-state index contributed by atoms with van der Waals surface area (Å²) < 4.78 is 50.6. The highest BCUT2D eigenvalue weighted by Gasteiger charge is 2.40. The first kappa shape index (κ1) is 20.5. The normalized spacial score (nSPS) is 18.8. The monoisotopic (exact) mass is 465 g/mol. The van der Waals surface area contributed by atoms with Gasteiger partial charge < -0.3 is 5.32 Å². The van der Waals surface area contributed by atoms with Crippen molar-refractivity contribution in [3.05, 3.63) is 53.2 Å². The molecule has 1 aromatic carbocycles. The molecule has 2 aliphatic heterocycles. The van der Waals surface area contributed by atoms with E-state index in [1.165, 1.54) is 10.8 Å². The summed E-state index contributed by atoms with van der Waals surface area (Å²) in [7, 11) is 0.935. The maximum atomic E-state index is 15.3. The number of H-pyrrole nitrogens is 1. The molecule has 3 aromatic rings. The third-order valence-corrected chi connectivity index (χ3v) is 8.53. The second-order valence-corrected chi connectivity index (χ2v) is 10.4. The Balaban J connectivity index is 1.57. The molecular formula is C19H18F3N7S2. The van der Waals surface area contributed by atoms with Crippen LogP contribution in [0.1, 0.15) is 29.9 Å². The van der Waals surface area contributed by atoms with Gasteiger partial charge in [-0.3, -0.25) is 5.10 Å². The van der Waals surface area contributed by atoms with Crippen molar-refractivity contribution in [2.45, 2.75) is 30.6 Å². The van der Waals surface area contributed by atoms with Crippen LogP contribution in [0, 0.1) is 12.7 Å². The van der Waals surface area contributed by atoms with E-state index in [0.29, 0.717) is 10.7 Å². The van der Waals surface area contributed by atoms with Crippen molar-refractivity contribution in [3.8, 4) is 0 Å². The van der Waals surface area contributed by atoms with E-state index in [-0.39, 0.29) is 17.2 Å². The number of aromatic nitrogens is 4. The number of hydrogen-bond acceptors (Lipinski definition) is 7. The van der Waals surface area contributed by atoms with Crippen LogP contribution < -0.4 is 5.32 Å². The summed E-state index contributed by atoms with van der Waals surface area (Å²) in [6.45, 7) is 3.67. The van der Waals surface area contributed by atoms with E-state index in [1.807, 2.05) is 6.92 Å². The number of halogens is 3. The van der Waals surface area contributed by atoms with Gasteiger partial charge in [0.2, 0.25) is 5.82 Å². The molecule has 12 heteroatoms. The minimum Gasteiger partial charge on any atom is -0.322 e. The van der Waals surface area contributed by atoms with Gasteiger partial charge in [0.25, 0.3) is 0 Å². The Morgan fingerprint density at radius 3 is 2.58 bits per heavy atom. The van der Waals surface area contributed by atoms with Crippen molar-refractivity contribution in [2.24, 2.45) is 4.36 Å². The van der Waals surface area contributed by atoms with E-state index in [1.54, 1.807) is 6.07 Å². The number of aromatic amines is 1. The average Bonchev–Trinajstić information content (AvgIpc) is 3.48. The molecule has 7 nitrogen and oxygen atoms in total. The second kappa shape index (κ2) is 7.92. The summed E-state index contributed by atoms with van der Waals surface area (Å²) >= 11 is 0. The smallest absolute Gasteiger partial charge is 0.322 e. The fourth-order valence-electron chi connectivity index (χ4n) is 3.32. The highest BCUT2D eigenvalue weighted by molar-refractivity contribution is 8.69. The van der Waals surface area contributed by atoms with E-state index in [9.17, 15) is 4.39 Å². The Labute approximate surface area is 182 Å². The van der Waals surface area contributed by atoms with Gasteiger partial charge in [0.15, 0.2) is 17.5 Å². The van der Waals surface area contributed by atoms with Crippen LogP contribution in [0.4, 0.5) is 30.6 Å². The molecule has 2 N–H and O–H groups in total. The summed E-state index contributed by atoms with van der Waals surface area (Å²) in [5.41, 5.74) is 0.429. The van der Waals surface area contributed by atoms with Gasteiger partial charge in [-0.1, -0.05) is 0 Å². The molecule has 2 aromatic heterocycles. The fourth-order valence-corrected chi connectivity index (χ4v) is 6.97. The van der Waals surface area contributed by atoms with E-state index in [4.69, 9.17) is 0 Å². The zero-order valence-electron chi connectivity index (χ0n) is 16.4. The molecule has 0 amide bonds. The SMILES string of the molecule is Cc1cc(Nc2nc(C(F)(F)c3ccc(F)cc3)nc3c2SS(N2CCCC2)=N3)n[nH]1. The van der Waals surface area contributed by atoms with Crippen LogP contribution >= 0.6 is 10.8 Å². The first-order valence-electron chi connectivity index (χ1n) is 9.65. The van der Waals surface area contributed by atoms with E-state index < -0.39 is 27.5 Å². The van der Waals surface area contributed by atoms with Crippen LogP contribution in [0.5, 0.6) is 0 Å². The number of hydrogen-bond donors (Lipinski definition) is 2. The van der Waals surface area contributed by atoms with E-state index >= 15 is 8.78 Å². The van der Waals surface area contributed by atoms with Crippen LogP contribution in [-0.4, -0.2) is 37.6 Å². The number of alkyl halides is 2. The van der Waals surface area contributed by atoms with Crippen molar-refractivity contribution in [1.29, 1.82) is 0 Å². The molecule has 0 aliphatic carbocycles. The van der Waals surface area contributed by atoms with Crippen LogP contribution in [0.3, 0.4) is 0 Å². The van der Waals surface area contributed by atoms with Crippen molar-refractivity contribution >= 4 is 38.2 Å². The van der Waals surface area contributed by atoms with Gasteiger partial charge >= 0.3 is 5.92 Å². The third kappa shape index (κ3) is 3.94. The maximum absolute atomic E-state index is 15.3. The molecular weight excluding hydrogens is 447 g/mol. The second-order valence-electron chi connectivity index (χ2n) is 7.23. The molecule has 1 unspecified atom stereocenters. The first-order valence-corrected chi connectivity index (χ1v) is 12.1. The Bertz CT molecular complexity index is 1160. The summed E-state index contributed by atoms with van der Waals surface area (Å²) in [6, 6.07) is 5.82. The number of rotatable bonds is 5. The van der Waals surface area contributed by atoms with Crippen LogP contribution in [0.15, 0.2) is 39.6 Å². The van der Waals surface area contributed by atoms with Gasteiger partial charge in [-0.2, -0.15) is 18.2 Å². The van der Waals surface area contributed by atoms with Crippen LogP contribution in [-0.2, 0) is 15.8 Å².